The summed E-state index contributed by atoms with van der Waals surface area (Å²) in [5, 5.41) is 14.0. The Labute approximate surface area is 163 Å². The van der Waals surface area contributed by atoms with Crippen LogP contribution in [0.3, 0.4) is 0 Å². The number of aromatic amines is 1. The minimum Gasteiger partial charge on any atom is -0.461 e. The number of nitrogens with one attached hydrogen (secondary N) is 2. The Hall–Kier alpha value is -3.59. The predicted octanol–water partition coefficient (Wildman–Crippen LogP) is 4.71. The fraction of sp³-hybridized carbons (Fsp3) is 0.0526. The first kappa shape index (κ1) is 17.8. The second-order valence-electron chi connectivity index (χ2n) is 5.89. The number of rotatable bonds is 5. The Balaban J connectivity index is 1.64. The number of thioether (sulfide) groups is 1. The Morgan fingerprint density at radius 3 is 2.82 bits per heavy atom. The molecule has 4 aromatic rings. The molecule has 0 spiro atoms. The van der Waals surface area contributed by atoms with E-state index in [0.29, 0.717) is 28.3 Å². The number of carbonyl (C=O) groups excluding carboxylic acids is 1. The van der Waals surface area contributed by atoms with E-state index in [1.54, 1.807) is 42.7 Å². The number of nitro groups is 1. The van der Waals surface area contributed by atoms with Crippen molar-refractivity contribution in [3.8, 4) is 11.6 Å². The molecule has 0 radical (unpaired) electrons. The summed E-state index contributed by atoms with van der Waals surface area (Å²) >= 11 is 1.41. The van der Waals surface area contributed by atoms with Gasteiger partial charge in [0.15, 0.2) is 11.6 Å². The number of benzene rings is 2. The standard InChI is InChI=1S/C19H14N4O4S/c1-28-12-5-7-16(23(25)26)13(10-12)19(24)20-11-4-6-14-15(9-11)22-18(21-14)17-3-2-8-27-17/h2-10H,1H3,(H,20,24)(H,21,22). The quantitative estimate of drug-likeness (QED) is 0.288. The molecule has 0 aliphatic rings. The molecule has 0 saturated carbocycles. The van der Waals surface area contributed by atoms with Gasteiger partial charge in [-0.25, -0.2) is 4.98 Å². The Bertz CT molecular complexity index is 1180. The fourth-order valence-corrected chi connectivity index (χ4v) is 3.24. The Morgan fingerprint density at radius 1 is 1.25 bits per heavy atom. The van der Waals surface area contributed by atoms with Crippen LogP contribution in [-0.4, -0.2) is 27.1 Å². The molecule has 2 aromatic carbocycles. The number of aromatic nitrogens is 2. The first-order chi connectivity index (χ1) is 13.5. The van der Waals surface area contributed by atoms with E-state index in [2.05, 4.69) is 15.3 Å². The largest absolute Gasteiger partial charge is 0.461 e. The van der Waals surface area contributed by atoms with E-state index in [1.807, 2.05) is 6.26 Å². The molecule has 0 bridgehead atoms. The predicted molar refractivity (Wildman–Crippen MR) is 107 cm³/mol. The summed E-state index contributed by atoms with van der Waals surface area (Å²) in [4.78, 5) is 31.7. The smallest absolute Gasteiger partial charge is 0.282 e. The maximum atomic E-state index is 12.7. The highest BCUT2D eigenvalue weighted by Gasteiger charge is 2.21. The second kappa shape index (κ2) is 7.20. The second-order valence-corrected chi connectivity index (χ2v) is 6.77. The third kappa shape index (κ3) is 3.35. The Morgan fingerprint density at radius 2 is 2.11 bits per heavy atom. The van der Waals surface area contributed by atoms with E-state index in [-0.39, 0.29) is 11.3 Å². The van der Waals surface area contributed by atoms with Crippen LogP contribution in [0.1, 0.15) is 10.4 Å². The van der Waals surface area contributed by atoms with E-state index >= 15 is 0 Å². The summed E-state index contributed by atoms with van der Waals surface area (Å²) in [7, 11) is 0. The molecule has 0 saturated heterocycles. The number of carbonyl (C=O) groups is 1. The van der Waals surface area contributed by atoms with Crippen molar-refractivity contribution < 1.29 is 14.1 Å². The van der Waals surface area contributed by atoms with Gasteiger partial charge in [0.1, 0.15) is 5.56 Å². The lowest BCUT2D eigenvalue weighted by atomic mass is 10.1. The number of nitrogens with zero attached hydrogens (tertiary/aromatic N) is 2. The molecule has 0 unspecified atom stereocenters. The highest BCUT2D eigenvalue weighted by Crippen LogP contribution is 2.27. The molecule has 0 aliphatic carbocycles. The van der Waals surface area contributed by atoms with Crippen molar-refractivity contribution >= 4 is 40.1 Å². The number of hydrogen-bond acceptors (Lipinski definition) is 6. The Kier molecular flexibility index (Phi) is 4.58. The van der Waals surface area contributed by atoms with Crippen molar-refractivity contribution in [3.05, 3.63) is 70.5 Å². The zero-order chi connectivity index (χ0) is 19.7. The lowest BCUT2D eigenvalue weighted by Gasteiger charge is -2.07. The summed E-state index contributed by atoms with van der Waals surface area (Å²) in [6.07, 6.45) is 3.40. The van der Waals surface area contributed by atoms with Crippen LogP contribution in [0, 0.1) is 10.1 Å². The zero-order valence-electron chi connectivity index (χ0n) is 14.6. The van der Waals surface area contributed by atoms with Crippen LogP contribution in [0.15, 0.2) is 64.1 Å². The van der Waals surface area contributed by atoms with Gasteiger partial charge in [-0.05, 0) is 48.7 Å². The summed E-state index contributed by atoms with van der Waals surface area (Å²) in [5.74, 6) is 0.630. The number of anilines is 1. The molecule has 0 atom stereocenters. The number of hydrogen-bond donors (Lipinski definition) is 2. The van der Waals surface area contributed by atoms with Gasteiger partial charge in [-0.3, -0.25) is 14.9 Å². The van der Waals surface area contributed by atoms with Crippen molar-refractivity contribution in [1.29, 1.82) is 0 Å². The van der Waals surface area contributed by atoms with Crippen LogP contribution in [-0.2, 0) is 0 Å². The van der Waals surface area contributed by atoms with Gasteiger partial charge in [0.2, 0.25) is 0 Å². The SMILES string of the molecule is CSc1ccc([N+](=O)[O-])c(C(=O)Nc2ccc3nc(-c4ccco4)[nH]c3c2)c1. The van der Waals surface area contributed by atoms with Gasteiger partial charge in [0, 0.05) is 16.6 Å². The topological polar surface area (TPSA) is 114 Å². The zero-order valence-corrected chi connectivity index (χ0v) is 15.4. The number of H-pyrrole nitrogens is 1. The highest BCUT2D eigenvalue weighted by molar-refractivity contribution is 7.98. The lowest BCUT2D eigenvalue weighted by molar-refractivity contribution is -0.385. The number of fused-ring (bicyclic) bond motifs is 1. The van der Waals surface area contributed by atoms with Gasteiger partial charge in [-0.15, -0.1) is 11.8 Å². The van der Waals surface area contributed by atoms with E-state index < -0.39 is 10.8 Å². The molecule has 9 heteroatoms. The fourth-order valence-electron chi connectivity index (χ4n) is 2.80. The minimum absolute atomic E-state index is 0.0119. The van der Waals surface area contributed by atoms with Gasteiger partial charge in [0.05, 0.1) is 22.2 Å². The highest BCUT2D eigenvalue weighted by atomic mass is 32.2. The van der Waals surface area contributed by atoms with Crippen molar-refractivity contribution in [2.24, 2.45) is 0 Å². The minimum atomic E-state index is -0.563. The van der Waals surface area contributed by atoms with Crippen LogP contribution >= 0.6 is 11.8 Å². The molecular weight excluding hydrogens is 380 g/mol. The molecule has 0 fully saturated rings. The number of nitro benzene ring substituents is 1. The molecule has 8 nitrogen and oxygen atoms in total. The summed E-state index contributed by atoms with van der Waals surface area (Å²) < 4.78 is 5.33. The molecule has 0 aliphatic heterocycles. The lowest BCUT2D eigenvalue weighted by Crippen LogP contribution is -2.14. The van der Waals surface area contributed by atoms with E-state index in [4.69, 9.17) is 4.42 Å². The third-order valence-electron chi connectivity index (χ3n) is 4.14. The van der Waals surface area contributed by atoms with E-state index in [1.165, 1.54) is 23.9 Å². The molecule has 2 heterocycles. The van der Waals surface area contributed by atoms with Crippen LogP contribution in [0.2, 0.25) is 0 Å². The molecule has 4 rings (SSSR count). The van der Waals surface area contributed by atoms with Crippen molar-refractivity contribution in [2.75, 3.05) is 11.6 Å². The van der Waals surface area contributed by atoms with Gasteiger partial charge >= 0.3 is 0 Å². The van der Waals surface area contributed by atoms with Crippen LogP contribution < -0.4 is 5.32 Å². The van der Waals surface area contributed by atoms with Gasteiger partial charge in [-0.2, -0.15) is 0 Å². The molecule has 28 heavy (non-hydrogen) atoms. The number of amides is 1. The van der Waals surface area contributed by atoms with Crippen molar-refractivity contribution in [3.63, 3.8) is 0 Å². The third-order valence-corrected chi connectivity index (χ3v) is 4.86. The molecule has 1 amide bonds. The summed E-state index contributed by atoms with van der Waals surface area (Å²) in [6.45, 7) is 0. The van der Waals surface area contributed by atoms with Crippen molar-refractivity contribution in [2.45, 2.75) is 4.90 Å². The van der Waals surface area contributed by atoms with E-state index in [9.17, 15) is 14.9 Å². The summed E-state index contributed by atoms with van der Waals surface area (Å²) in [5.41, 5.74) is 1.68. The maximum Gasteiger partial charge on any atom is 0.282 e. The van der Waals surface area contributed by atoms with Crippen LogP contribution in [0.4, 0.5) is 11.4 Å². The average Bonchev–Trinajstić information content (AvgIpc) is 3.36. The first-order valence-corrected chi connectivity index (χ1v) is 9.45. The van der Waals surface area contributed by atoms with Gasteiger partial charge in [-0.1, -0.05) is 0 Å². The molecule has 140 valence electrons. The number of furan rings is 1. The van der Waals surface area contributed by atoms with Crippen LogP contribution in [0.5, 0.6) is 0 Å². The molecule has 2 N–H and O–H groups in total. The van der Waals surface area contributed by atoms with Crippen LogP contribution in [0.25, 0.3) is 22.6 Å². The number of imidazole rings is 1. The normalized spacial score (nSPS) is 10.9. The first-order valence-electron chi connectivity index (χ1n) is 8.22. The molecular formula is C19H14N4O4S. The van der Waals surface area contributed by atoms with Gasteiger partial charge < -0.3 is 14.7 Å². The maximum absolute atomic E-state index is 12.7. The van der Waals surface area contributed by atoms with Crippen molar-refractivity contribution in [1.82, 2.24) is 9.97 Å². The van der Waals surface area contributed by atoms with Gasteiger partial charge in [0.25, 0.3) is 11.6 Å². The average molecular weight is 394 g/mol. The summed E-state index contributed by atoms with van der Waals surface area (Å²) in [6, 6.07) is 13.2. The monoisotopic (exact) mass is 394 g/mol. The molecule has 2 aromatic heterocycles. The van der Waals surface area contributed by atoms with E-state index in [0.717, 1.165) is 4.90 Å².